The van der Waals surface area contributed by atoms with Crippen molar-refractivity contribution in [3.63, 3.8) is 0 Å². The molecule has 0 radical (unpaired) electrons. The lowest BCUT2D eigenvalue weighted by molar-refractivity contribution is 0.0377. The summed E-state index contributed by atoms with van der Waals surface area (Å²) >= 11 is 0. The van der Waals surface area contributed by atoms with Gasteiger partial charge in [0.05, 0.1) is 34.9 Å². The van der Waals surface area contributed by atoms with Gasteiger partial charge in [-0.1, -0.05) is 24.3 Å². The van der Waals surface area contributed by atoms with E-state index in [-0.39, 0.29) is 12.1 Å². The maximum atomic E-state index is 12.6. The molecule has 0 bridgehead atoms. The quantitative estimate of drug-likeness (QED) is 0.590. The molecule has 0 saturated heterocycles. The van der Waals surface area contributed by atoms with E-state index in [4.69, 9.17) is 15.3 Å². The third-order valence-corrected chi connectivity index (χ3v) is 4.42. The molecule has 1 aromatic heterocycles. The maximum absolute atomic E-state index is 12.6. The fourth-order valence-corrected chi connectivity index (χ4v) is 3.12. The van der Waals surface area contributed by atoms with Crippen LogP contribution in [-0.4, -0.2) is 16.6 Å². The lowest BCUT2D eigenvalue weighted by Crippen LogP contribution is -2.12. The molecule has 0 aliphatic carbocycles. The van der Waals surface area contributed by atoms with Crippen LogP contribution < -0.4 is 0 Å². The topological polar surface area (TPSA) is 78.8 Å². The van der Waals surface area contributed by atoms with E-state index in [1.54, 1.807) is 24.4 Å². The molecule has 3 rings (SSSR count). The Morgan fingerprint density at radius 2 is 1.72 bits per heavy atom. The molecule has 5 heteroatoms. The summed E-state index contributed by atoms with van der Waals surface area (Å²) in [5.41, 5.74) is 4.57. The number of benzene rings is 2. The van der Waals surface area contributed by atoms with Gasteiger partial charge in [-0.15, -0.1) is 0 Å². The van der Waals surface area contributed by atoms with E-state index in [0.717, 1.165) is 16.7 Å². The summed E-state index contributed by atoms with van der Waals surface area (Å²) in [6.07, 6.45) is 4.08. The third kappa shape index (κ3) is 5.12. The molecule has 144 valence electrons. The number of hydrogen-bond acceptors (Lipinski definition) is 4. The Balaban J connectivity index is 1.90. The van der Waals surface area contributed by atoms with Crippen LogP contribution in [0.2, 0.25) is 0 Å². The molecule has 29 heavy (non-hydrogen) atoms. The van der Waals surface area contributed by atoms with Crippen LogP contribution in [0.3, 0.4) is 0 Å². The standard InChI is InChI=1S/C24H21N3O2/c1-17(2)29-24(28)23-16-27(14-21-5-3-4-20(10-21)13-26)15-22(23)11-18-6-8-19(12-25)9-7-18/h3-10,15-17H,11,14H2,1-2H3. The van der Waals surface area contributed by atoms with Crippen LogP contribution in [-0.2, 0) is 17.7 Å². The van der Waals surface area contributed by atoms with Crippen molar-refractivity contribution in [2.45, 2.75) is 32.9 Å². The largest absolute Gasteiger partial charge is 0.459 e. The van der Waals surface area contributed by atoms with E-state index in [0.29, 0.717) is 29.7 Å². The van der Waals surface area contributed by atoms with E-state index < -0.39 is 0 Å². The number of carbonyl (C=O) groups is 1. The van der Waals surface area contributed by atoms with Crippen molar-refractivity contribution in [1.29, 1.82) is 10.5 Å². The van der Waals surface area contributed by atoms with Crippen molar-refractivity contribution < 1.29 is 9.53 Å². The Labute approximate surface area is 170 Å². The number of hydrogen-bond donors (Lipinski definition) is 0. The number of esters is 1. The fraction of sp³-hybridized carbons (Fsp3) is 0.208. The third-order valence-electron chi connectivity index (χ3n) is 4.42. The van der Waals surface area contributed by atoms with Gasteiger partial charge in [0.1, 0.15) is 0 Å². The Morgan fingerprint density at radius 1 is 1.00 bits per heavy atom. The number of aromatic nitrogens is 1. The smallest absolute Gasteiger partial charge is 0.340 e. The molecule has 1 heterocycles. The zero-order chi connectivity index (χ0) is 20.8. The Bertz CT molecular complexity index is 1100. The summed E-state index contributed by atoms with van der Waals surface area (Å²) in [6, 6.07) is 19.0. The van der Waals surface area contributed by atoms with Crippen LogP contribution in [0.1, 0.15) is 52.0 Å². The second kappa shape index (κ2) is 8.91. The highest BCUT2D eigenvalue weighted by molar-refractivity contribution is 5.91. The van der Waals surface area contributed by atoms with Gasteiger partial charge in [-0.25, -0.2) is 4.79 Å². The minimum absolute atomic E-state index is 0.207. The van der Waals surface area contributed by atoms with Gasteiger partial charge >= 0.3 is 5.97 Å². The first-order chi connectivity index (χ1) is 14.0. The summed E-state index contributed by atoms with van der Waals surface area (Å²) in [4.78, 5) is 12.6. The number of nitrogens with zero attached hydrogens (tertiary/aromatic N) is 3. The van der Waals surface area contributed by atoms with Crippen LogP contribution in [0.25, 0.3) is 0 Å². The van der Waals surface area contributed by atoms with Gasteiger partial charge in [0.2, 0.25) is 0 Å². The Morgan fingerprint density at radius 3 is 2.38 bits per heavy atom. The highest BCUT2D eigenvalue weighted by atomic mass is 16.5. The molecule has 0 atom stereocenters. The first-order valence-electron chi connectivity index (χ1n) is 9.36. The molecular weight excluding hydrogens is 362 g/mol. The number of carbonyl (C=O) groups excluding carboxylic acids is 1. The van der Waals surface area contributed by atoms with Crippen molar-refractivity contribution >= 4 is 5.97 Å². The predicted octanol–water partition coefficient (Wildman–Crippen LogP) is 4.44. The Hall–Kier alpha value is -3.83. The summed E-state index contributed by atoms with van der Waals surface area (Å²) in [5, 5.41) is 18.1. The average molecular weight is 383 g/mol. The van der Waals surface area contributed by atoms with Crippen LogP contribution in [0.5, 0.6) is 0 Å². The van der Waals surface area contributed by atoms with E-state index in [2.05, 4.69) is 12.1 Å². The zero-order valence-corrected chi connectivity index (χ0v) is 16.4. The van der Waals surface area contributed by atoms with E-state index in [1.807, 2.05) is 54.9 Å². The highest BCUT2D eigenvalue weighted by Gasteiger charge is 2.18. The maximum Gasteiger partial charge on any atom is 0.340 e. The van der Waals surface area contributed by atoms with Gasteiger partial charge in [-0.2, -0.15) is 10.5 Å². The molecule has 2 aromatic carbocycles. The minimum atomic E-state index is -0.354. The first-order valence-corrected chi connectivity index (χ1v) is 9.36. The van der Waals surface area contributed by atoms with Gasteiger partial charge in [-0.3, -0.25) is 0 Å². The normalized spacial score (nSPS) is 10.4. The van der Waals surface area contributed by atoms with Crippen molar-refractivity contribution in [3.05, 3.63) is 94.3 Å². The molecule has 0 saturated carbocycles. The molecule has 0 aliphatic heterocycles. The molecule has 3 aromatic rings. The summed E-state index contributed by atoms with van der Waals surface area (Å²) in [5.74, 6) is -0.354. The molecule has 0 fully saturated rings. The SMILES string of the molecule is CC(C)OC(=O)c1cn(Cc2cccc(C#N)c2)cc1Cc1ccc(C#N)cc1. The van der Waals surface area contributed by atoms with Gasteiger partial charge in [0, 0.05) is 18.9 Å². The average Bonchev–Trinajstić information content (AvgIpc) is 3.10. The van der Waals surface area contributed by atoms with E-state index in [1.165, 1.54) is 0 Å². The monoisotopic (exact) mass is 383 g/mol. The molecule has 5 nitrogen and oxygen atoms in total. The van der Waals surface area contributed by atoms with Gasteiger partial charge in [0.15, 0.2) is 0 Å². The fourth-order valence-electron chi connectivity index (χ4n) is 3.12. The minimum Gasteiger partial charge on any atom is -0.459 e. The molecule has 0 unspecified atom stereocenters. The summed E-state index contributed by atoms with van der Waals surface area (Å²) in [7, 11) is 0. The lowest BCUT2D eigenvalue weighted by Gasteiger charge is -2.08. The van der Waals surface area contributed by atoms with Gasteiger partial charge in [-0.05, 0) is 61.2 Å². The van der Waals surface area contributed by atoms with E-state index in [9.17, 15) is 4.79 Å². The highest BCUT2D eigenvalue weighted by Crippen LogP contribution is 2.20. The first kappa shape index (κ1) is 19.9. The molecular formula is C24H21N3O2. The van der Waals surface area contributed by atoms with Crippen molar-refractivity contribution in [1.82, 2.24) is 4.57 Å². The van der Waals surface area contributed by atoms with Gasteiger partial charge < -0.3 is 9.30 Å². The van der Waals surface area contributed by atoms with Crippen LogP contribution >= 0.6 is 0 Å². The summed E-state index contributed by atoms with van der Waals surface area (Å²) < 4.78 is 7.35. The van der Waals surface area contributed by atoms with Crippen molar-refractivity contribution in [2.24, 2.45) is 0 Å². The molecule has 0 N–H and O–H groups in total. The van der Waals surface area contributed by atoms with Crippen LogP contribution in [0.4, 0.5) is 0 Å². The van der Waals surface area contributed by atoms with Crippen molar-refractivity contribution in [2.75, 3.05) is 0 Å². The molecule has 0 amide bonds. The zero-order valence-electron chi connectivity index (χ0n) is 16.4. The van der Waals surface area contributed by atoms with Crippen LogP contribution in [0, 0.1) is 22.7 Å². The van der Waals surface area contributed by atoms with E-state index >= 15 is 0 Å². The molecule has 0 aliphatic rings. The second-order valence-electron chi connectivity index (χ2n) is 7.12. The second-order valence-corrected chi connectivity index (χ2v) is 7.12. The Kier molecular flexibility index (Phi) is 6.12. The number of ether oxygens (including phenoxy) is 1. The molecule has 0 spiro atoms. The van der Waals surface area contributed by atoms with Crippen molar-refractivity contribution in [3.8, 4) is 12.1 Å². The van der Waals surface area contributed by atoms with Crippen LogP contribution in [0.15, 0.2) is 60.9 Å². The number of rotatable bonds is 6. The predicted molar refractivity (Wildman–Crippen MR) is 109 cm³/mol. The van der Waals surface area contributed by atoms with Gasteiger partial charge in [0.25, 0.3) is 0 Å². The number of nitriles is 2. The lowest BCUT2D eigenvalue weighted by atomic mass is 10.0. The summed E-state index contributed by atoms with van der Waals surface area (Å²) in [6.45, 7) is 4.19.